The van der Waals surface area contributed by atoms with Gasteiger partial charge in [-0.3, -0.25) is 4.79 Å². The molecule has 150 valence electrons. The van der Waals surface area contributed by atoms with E-state index in [0.29, 0.717) is 6.54 Å². The lowest BCUT2D eigenvalue weighted by molar-refractivity contribution is -0.165. The normalized spacial score (nSPS) is 16.9. The quantitative estimate of drug-likeness (QED) is 0.462. The lowest BCUT2D eigenvalue weighted by atomic mass is 10.1. The molecule has 0 saturated carbocycles. The summed E-state index contributed by atoms with van der Waals surface area (Å²) in [7, 11) is 0. The van der Waals surface area contributed by atoms with Crippen LogP contribution < -0.4 is 0 Å². The van der Waals surface area contributed by atoms with Crippen LogP contribution in [0.2, 0.25) is 0 Å². The van der Waals surface area contributed by atoms with Crippen molar-refractivity contribution >= 4 is 17.7 Å². The SMILES string of the molecule is O=C1COCC(O)N1CCCSc1nc(-c2ccccc2)c(-c2ccccc2)[nH]1. The number of aliphatic hydroxyl groups is 1. The van der Waals surface area contributed by atoms with Gasteiger partial charge in [0.05, 0.1) is 18.0 Å². The molecule has 4 rings (SSSR count). The first kappa shape index (κ1) is 19.7. The number of benzene rings is 2. The molecule has 1 aliphatic rings. The van der Waals surface area contributed by atoms with Gasteiger partial charge in [-0.25, -0.2) is 4.98 Å². The summed E-state index contributed by atoms with van der Waals surface area (Å²) in [6.45, 7) is 0.731. The molecule has 1 aliphatic heterocycles. The predicted molar refractivity (Wildman–Crippen MR) is 113 cm³/mol. The summed E-state index contributed by atoms with van der Waals surface area (Å²) in [5.74, 6) is 0.623. The minimum absolute atomic E-state index is 0.0449. The fourth-order valence-corrected chi connectivity index (χ4v) is 4.10. The van der Waals surface area contributed by atoms with Gasteiger partial charge in [-0.2, -0.15) is 0 Å². The van der Waals surface area contributed by atoms with Gasteiger partial charge in [0.15, 0.2) is 11.4 Å². The minimum atomic E-state index is -0.848. The maximum atomic E-state index is 11.8. The molecular formula is C22H23N3O3S. The molecule has 2 heterocycles. The highest BCUT2D eigenvalue weighted by molar-refractivity contribution is 7.99. The topological polar surface area (TPSA) is 78.5 Å². The van der Waals surface area contributed by atoms with E-state index in [-0.39, 0.29) is 19.1 Å². The lowest BCUT2D eigenvalue weighted by Crippen LogP contribution is -2.49. The first-order chi connectivity index (χ1) is 14.2. The standard InChI is InChI=1S/C22H23N3O3S/c26-18-14-28-15-19(27)25(18)12-7-13-29-22-23-20(16-8-3-1-4-9-16)21(24-22)17-10-5-2-6-11-17/h1-6,8-11,18,26H,7,12-15H2,(H,23,24). The molecule has 0 spiro atoms. The average Bonchev–Trinajstić information content (AvgIpc) is 3.18. The molecule has 0 bridgehead atoms. The van der Waals surface area contributed by atoms with Crippen LogP contribution in [0.5, 0.6) is 0 Å². The van der Waals surface area contributed by atoms with Gasteiger partial charge >= 0.3 is 0 Å². The summed E-state index contributed by atoms with van der Waals surface area (Å²) in [5, 5.41) is 10.7. The number of aliphatic hydroxyl groups excluding tert-OH is 1. The van der Waals surface area contributed by atoms with Crippen molar-refractivity contribution in [3.8, 4) is 22.5 Å². The fourth-order valence-electron chi connectivity index (χ4n) is 3.31. The Morgan fingerprint density at radius 1 is 1.10 bits per heavy atom. The third-order valence-corrected chi connectivity index (χ3v) is 5.71. The molecule has 0 radical (unpaired) electrons. The van der Waals surface area contributed by atoms with E-state index >= 15 is 0 Å². The highest BCUT2D eigenvalue weighted by atomic mass is 32.2. The van der Waals surface area contributed by atoms with Crippen LogP contribution >= 0.6 is 11.8 Å². The molecule has 0 aliphatic carbocycles. The minimum Gasteiger partial charge on any atom is -0.371 e. The summed E-state index contributed by atoms with van der Waals surface area (Å²) >= 11 is 1.62. The Bertz CT molecular complexity index is 889. The number of aromatic amines is 1. The molecule has 7 heteroatoms. The third kappa shape index (κ3) is 4.70. The number of morpholine rings is 1. The Labute approximate surface area is 173 Å². The smallest absolute Gasteiger partial charge is 0.250 e. The van der Waals surface area contributed by atoms with Gasteiger partial charge in [0.1, 0.15) is 6.61 Å². The van der Waals surface area contributed by atoms with Gasteiger partial charge in [-0.15, -0.1) is 0 Å². The maximum absolute atomic E-state index is 11.8. The number of hydrogen-bond acceptors (Lipinski definition) is 5. The highest BCUT2D eigenvalue weighted by Crippen LogP contribution is 2.32. The van der Waals surface area contributed by atoms with Gasteiger partial charge in [-0.05, 0) is 6.42 Å². The molecule has 1 saturated heterocycles. The molecule has 6 nitrogen and oxygen atoms in total. The monoisotopic (exact) mass is 409 g/mol. The Hall–Kier alpha value is -2.61. The molecule has 1 amide bonds. The van der Waals surface area contributed by atoms with Crippen LogP contribution in [0.3, 0.4) is 0 Å². The van der Waals surface area contributed by atoms with Crippen molar-refractivity contribution in [1.82, 2.24) is 14.9 Å². The molecule has 2 aromatic carbocycles. The molecule has 1 aromatic heterocycles. The van der Waals surface area contributed by atoms with Crippen molar-refractivity contribution in [1.29, 1.82) is 0 Å². The van der Waals surface area contributed by atoms with E-state index in [9.17, 15) is 9.90 Å². The molecule has 3 aromatic rings. The summed E-state index contributed by atoms with van der Waals surface area (Å²) < 4.78 is 5.04. The molecule has 1 unspecified atom stereocenters. The van der Waals surface area contributed by atoms with Crippen LogP contribution in [0.1, 0.15) is 6.42 Å². The second-order valence-corrected chi connectivity index (χ2v) is 7.87. The van der Waals surface area contributed by atoms with Crippen molar-refractivity contribution in [3.63, 3.8) is 0 Å². The van der Waals surface area contributed by atoms with Gasteiger partial charge in [0, 0.05) is 23.4 Å². The summed E-state index contributed by atoms with van der Waals surface area (Å²) in [6, 6.07) is 20.3. The van der Waals surface area contributed by atoms with Crippen molar-refractivity contribution < 1.29 is 14.6 Å². The van der Waals surface area contributed by atoms with Crippen molar-refractivity contribution in [2.24, 2.45) is 0 Å². The second kappa shape index (κ2) is 9.26. The number of ether oxygens (including phenoxy) is 1. The number of H-pyrrole nitrogens is 1. The third-order valence-electron chi connectivity index (χ3n) is 4.75. The second-order valence-electron chi connectivity index (χ2n) is 6.78. The van der Waals surface area contributed by atoms with Crippen LogP contribution in [0, 0.1) is 0 Å². The number of imidazole rings is 1. The Morgan fingerprint density at radius 3 is 2.48 bits per heavy atom. The maximum Gasteiger partial charge on any atom is 0.250 e. The van der Waals surface area contributed by atoms with Gasteiger partial charge in [0.25, 0.3) is 5.91 Å². The zero-order chi connectivity index (χ0) is 20.1. The average molecular weight is 410 g/mol. The number of thioether (sulfide) groups is 1. The zero-order valence-electron chi connectivity index (χ0n) is 16.0. The van der Waals surface area contributed by atoms with E-state index in [1.807, 2.05) is 36.4 Å². The molecule has 1 fully saturated rings. The van der Waals surface area contributed by atoms with E-state index < -0.39 is 6.23 Å². The van der Waals surface area contributed by atoms with E-state index in [1.54, 1.807) is 11.8 Å². The van der Waals surface area contributed by atoms with Gasteiger partial charge in [-0.1, -0.05) is 72.4 Å². The van der Waals surface area contributed by atoms with E-state index in [0.717, 1.165) is 39.8 Å². The number of amides is 1. The molecule has 1 atom stereocenters. The number of rotatable bonds is 7. The van der Waals surface area contributed by atoms with Crippen LogP contribution in [-0.2, 0) is 9.53 Å². The van der Waals surface area contributed by atoms with E-state index in [4.69, 9.17) is 9.72 Å². The van der Waals surface area contributed by atoms with Crippen LogP contribution in [0.15, 0.2) is 65.8 Å². The number of hydrogen-bond donors (Lipinski definition) is 2. The van der Waals surface area contributed by atoms with Gasteiger partial charge in [0.2, 0.25) is 0 Å². The number of carbonyl (C=O) groups excluding carboxylic acids is 1. The van der Waals surface area contributed by atoms with Crippen molar-refractivity contribution in [2.75, 3.05) is 25.5 Å². The zero-order valence-corrected chi connectivity index (χ0v) is 16.8. The number of nitrogens with zero attached hydrogens (tertiary/aromatic N) is 2. The number of nitrogens with one attached hydrogen (secondary N) is 1. The number of carbonyl (C=O) groups is 1. The van der Waals surface area contributed by atoms with Crippen molar-refractivity contribution in [2.45, 2.75) is 17.8 Å². The number of aromatic nitrogens is 2. The van der Waals surface area contributed by atoms with E-state index in [1.165, 1.54) is 4.90 Å². The van der Waals surface area contributed by atoms with Crippen molar-refractivity contribution in [3.05, 3.63) is 60.7 Å². The molecular weight excluding hydrogens is 386 g/mol. The predicted octanol–water partition coefficient (Wildman–Crippen LogP) is 3.40. The largest absolute Gasteiger partial charge is 0.371 e. The summed E-state index contributed by atoms with van der Waals surface area (Å²) in [6.07, 6.45) is -0.0885. The first-order valence-corrected chi connectivity index (χ1v) is 10.6. The highest BCUT2D eigenvalue weighted by Gasteiger charge is 2.26. The lowest BCUT2D eigenvalue weighted by Gasteiger charge is -2.31. The first-order valence-electron chi connectivity index (χ1n) is 9.61. The molecule has 29 heavy (non-hydrogen) atoms. The van der Waals surface area contributed by atoms with Crippen LogP contribution in [-0.4, -0.2) is 57.6 Å². The van der Waals surface area contributed by atoms with Gasteiger partial charge < -0.3 is 19.7 Å². The van der Waals surface area contributed by atoms with E-state index in [2.05, 4.69) is 29.2 Å². The summed E-state index contributed by atoms with van der Waals surface area (Å²) in [5.41, 5.74) is 4.08. The Balaban J connectivity index is 1.45. The van der Waals surface area contributed by atoms with Crippen LogP contribution in [0.25, 0.3) is 22.5 Å². The Kier molecular flexibility index (Phi) is 6.29. The molecule has 2 N–H and O–H groups in total. The van der Waals surface area contributed by atoms with Crippen LogP contribution in [0.4, 0.5) is 0 Å². The fraction of sp³-hybridized carbons (Fsp3) is 0.273. The summed E-state index contributed by atoms with van der Waals surface area (Å²) in [4.78, 5) is 21.6. The Morgan fingerprint density at radius 2 is 1.79 bits per heavy atom.